The number of hydrogen-bond donors (Lipinski definition) is 1. The molecule has 1 aliphatic rings. The molecule has 1 aromatic rings. The average molecular weight is 296 g/mol. The third kappa shape index (κ3) is 2.69. The molecule has 1 aliphatic carbocycles. The van der Waals surface area contributed by atoms with E-state index in [2.05, 4.69) is 0 Å². The predicted molar refractivity (Wildman–Crippen MR) is 82.2 cm³/mol. The molecule has 0 bridgehead atoms. The molecular formula is C15H24N2O2S. The maximum Gasteiger partial charge on any atom is 0.243 e. The Morgan fingerprint density at radius 1 is 1.20 bits per heavy atom. The van der Waals surface area contributed by atoms with Crippen LogP contribution in [0.2, 0.25) is 0 Å². The summed E-state index contributed by atoms with van der Waals surface area (Å²) in [4.78, 5) is 0.408. The van der Waals surface area contributed by atoms with Gasteiger partial charge in [0.2, 0.25) is 10.0 Å². The summed E-state index contributed by atoms with van der Waals surface area (Å²) in [7, 11) is -3.43. The Balaban J connectivity index is 2.57. The van der Waals surface area contributed by atoms with Gasteiger partial charge in [-0.05, 0) is 48.9 Å². The van der Waals surface area contributed by atoms with E-state index < -0.39 is 10.0 Å². The number of aryl methyl sites for hydroxylation is 1. The molecule has 1 fully saturated rings. The summed E-state index contributed by atoms with van der Waals surface area (Å²) in [5.41, 5.74) is 8.38. The van der Waals surface area contributed by atoms with Gasteiger partial charge in [0.1, 0.15) is 0 Å². The van der Waals surface area contributed by atoms with Crippen molar-refractivity contribution in [1.29, 1.82) is 0 Å². The fourth-order valence-electron chi connectivity index (χ4n) is 2.65. The van der Waals surface area contributed by atoms with E-state index in [0.717, 1.165) is 30.4 Å². The van der Waals surface area contributed by atoms with E-state index >= 15 is 0 Å². The predicted octanol–water partition coefficient (Wildman–Crippen LogP) is 2.57. The lowest BCUT2D eigenvalue weighted by Crippen LogP contribution is -2.33. The highest BCUT2D eigenvalue weighted by atomic mass is 32.2. The van der Waals surface area contributed by atoms with E-state index in [4.69, 9.17) is 5.73 Å². The lowest BCUT2D eigenvalue weighted by molar-refractivity contribution is 0.420. The van der Waals surface area contributed by atoms with Crippen LogP contribution >= 0.6 is 0 Å². The molecule has 20 heavy (non-hydrogen) atoms. The first-order chi connectivity index (χ1) is 9.45. The number of nitrogen functional groups attached to an aromatic ring is 1. The normalized spacial score (nSPS) is 15.8. The molecule has 1 aromatic carbocycles. The first kappa shape index (κ1) is 15.3. The fraction of sp³-hybridized carbons (Fsp3) is 0.600. The van der Waals surface area contributed by atoms with Crippen molar-refractivity contribution in [2.24, 2.45) is 0 Å². The van der Waals surface area contributed by atoms with Gasteiger partial charge in [0, 0.05) is 18.3 Å². The zero-order chi connectivity index (χ0) is 14.9. The summed E-state index contributed by atoms with van der Waals surface area (Å²) in [6, 6.07) is 3.88. The van der Waals surface area contributed by atoms with Crippen LogP contribution in [0, 0.1) is 0 Å². The Morgan fingerprint density at radius 3 is 2.30 bits per heavy atom. The van der Waals surface area contributed by atoms with Crippen molar-refractivity contribution in [2.75, 3.05) is 12.3 Å². The largest absolute Gasteiger partial charge is 0.398 e. The number of benzene rings is 1. The molecule has 0 aromatic heterocycles. The minimum Gasteiger partial charge on any atom is -0.398 e. The molecule has 0 spiro atoms. The second kappa shape index (κ2) is 5.74. The molecule has 0 saturated heterocycles. The third-order valence-corrected chi connectivity index (χ3v) is 6.01. The maximum absolute atomic E-state index is 12.9. The smallest absolute Gasteiger partial charge is 0.243 e. The molecule has 5 heteroatoms. The molecule has 112 valence electrons. The van der Waals surface area contributed by atoms with Gasteiger partial charge in [-0.3, -0.25) is 0 Å². The Labute approximate surface area is 122 Å². The summed E-state index contributed by atoms with van der Waals surface area (Å²) >= 11 is 0. The van der Waals surface area contributed by atoms with Crippen LogP contribution in [0.25, 0.3) is 0 Å². The molecule has 0 amide bonds. The van der Waals surface area contributed by atoms with Crippen molar-refractivity contribution in [2.45, 2.75) is 57.4 Å². The number of sulfonamides is 1. The molecule has 0 radical (unpaired) electrons. The van der Waals surface area contributed by atoms with Gasteiger partial charge < -0.3 is 5.73 Å². The van der Waals surface area contributed by atoms with E-state index in [0.29, 0.717) is 23.5 Å². The lowest BCUT2D eigenvalue weighted by Gasteiger charge is -2.23. The molecular weight excluding hydrogens is 272 g/mol. The van der Waals surface area contributed by atoms with Crippen LogP contribution in [0.15, 0.2) is 17.0 Å². The second-order valence-electron chi connectivity index (χ2n) is 5.31. The molecule has 0 aliphatic heterocycles. The van der Waals surface area contributed by atoms with Crippen LogP contribution in [-0.2, 0) is 22.9 Å². The Bertz CT molecular complexity index is 592. The minimum atomic E-state index is -3.43. The summed E-state index contributed by atoms with van der Waals surface area (Å²) in [5, 5.41) is 0. The van der Waals surface area contributed by atoms with E-state index in [1.807, 2.05) is 26.8 Å². The number of anilines is 1. The lowest BCUT2D eigenvalue weighted by atomic mass is 10.1. The molecule has 1 saturated carbocycles. The molecule has 0 atom stereocenters. The van der Waals surface area contributed by atoms with Gasteiger partial charge in [-0.15, -0.1) is 0 Å². The average Bonchev–Trinajstić information content (AvgIpc) is 3.22. The van der Waals surface area contributed by atoms with E-state index in [1.165, 1.54) is 0 Å². The number of rotatable bonds is 6. The highest BCUT2D eigenvalue weighted by molar-refractivity contribution is 7.89. The number of nitrogens with two attached hydrogens (primary N) is 1. The van der Waals surface area contributed by atoms with Gasteiger partial charge in [0.25, 0.3) is 0 Å². The molecule has 0 heterocycles. The van der Waals surface area contributed by atoms with Crippen LogP contribution in [-0.4, -0.2) is 25.3 Å². The highest BCUT2D eigenvalue weighted by Crippen LogP contribution is 2.34. The first-order valence-electron chi connectivity index (χ1n) is 7.38. The van der Waals surface area contributed by atoms with Crippen molar-refractivity contribution in [1.82, 2.24) is 4.31 Å². The van der Waals surface area contributed by atoms with Gasteiger partial charge in [-0.2, -0.15) is 4.31 Å². The Morgan fingerprint density at radius 2 is 1.85 bits per heavy atom. The summed E-state index contributed by atoms with van der Waals surface area (Å²) in [5.74, 6) is 0. The van der Waals surface area contributed by atoms with Gasteiger partial charge in [-0.25, -0.2) is 8.42 Å². The van der Waals surface area contributed by atoms with Crippen LogP contribution in [0.4, 0.5) is 5.69 Å². The zero-order valence-electron chi connectivity index (χ0n) is 12.5. The van der Waals surface area contributed by atoms with Crippen LogP contribution in [0.5, 0.6) is 0 Å². The highest BCUT2D eigenvalue weighted by Gasteiger charge is 2.38. The SMILES string of the molecule is CCc1cc(N)c(CC)c(S(=O)(=O)N(CC)C2CC2)c1. The summed E-state index contributed by atoms with van der Waals surface area (Å²) in [6.07, 6.45) is 3.35. The van der Waals surface area contributed by atoms with Crippen LogP contribution in [0.3, 0.4) is 0 Å². The van der Waals surface area contributed by atoms with Crippen LogP contribution in [0.1, 0.15) is 44.7 Å². The van der Waals surface area contributed by atoms with E-state index in [-0.39, 0.29) is 6.04 Å². The van der Waals surface area contributed by atoms with Crippen molar-refractivity contribution in [3.05, 3.63) is 23.3 Å². The summed E-state index contributed by atoms with van der Waals surface area (Å²) in [6.45, 7) is 6.37. The van der Waals surface area contributed by atoms with E-state index in [1.54, 1.807) is 10.4 Å². The van der Waals surface area contributed by atoms with E-state index in [9.17, 15) is 8.42 Å². The standard InChI is InChI=1S/C15H24N2O2S/c1-4-11-9-14(16)13(5-2)15(10-11)20(18,19)17(6-3)12-7-8-12/h9-10,12H,4-8,16H2,1-3H3. The third-order valence-electron chi connectivity index (χ3n) is 3.92. The molecule has 2 N–H and O–H groups in total. The number of hydrogen-bond acceptors (Lipinski definition) is 3. The van der Waals surface area contributed by atoms with Crippen molar-refractivity contribution in [3.8, 4) is 0 Å². The topological polar surface area (TPSA) is 63.4 Å². The van der Waals surface area contributed by atoms with Gasteiger partial charge >= 0.3 is 0 Å². The fourth-order valence-corrected chi connectivity index (χ4v) is 4.72. The number of nitrogens with zero attached hydrogens (tertiary/aromatic N) is 1. The summed E-state index contributed by atoms with van der Waals surface area (Å²) < 4.78 is 27.5. The second-order valence-corrected chi connectivity index (χ2v) is 7.17. The van der Waals surface area contributed by atoms with Gasteiger partial charge in [-0.1, -0.05) is 20.8 Å². The monoisotopic (exact) mass is 296 g/mol. The first-order valence-corrected chi connectivity index (χ1v) is 8.82. The van der Waals surface area contributed by atoms with Gasteiger partial charge in [0.05, 0.1) is 4.90 Å². The van der Waals surface area contributed by atoms with Crippen molar-refractivity contribution >= 4 is 15.7 Å². The maximum atomic E-state index is 12.9. The minimum absolute atomic E-state index is 0.182. The van der Waals surface area contributed by atoms with Crippen molar-refractivity contribution in [3.63, 3.8) is 0 Å². The van der Waals surface area contributed by atoms with Crippen LogP contribution < -0.4 is 5.73 Å². The molecule has 2 rings (SSSR count). The molecule has 4 nitrogen and oxygen atoms in total. The van der Waals surface area contributed by atoms with Crippen molar-refractivity contribution < 1.29 is 8.42 Å². The zero-order valence-corrected chi connectivity index (χ0v) is 13.3. The van der Waals surface area contributed by atoms with Gasteiger partial charge in [0.15, 0.2) is 0 Å². The Kier molecular flexibility index (Phi) is 4.39. The quantitative estimate of drug-likeness (QED) is 0.821. The Hall–Kier alpha value is -1.07. The molecule has 0 unspecified atom stereocenters.